The minimum Gasteiger partial charge on any atom is -0.396 e. The lowest BCUT2D eigenvalue weighted by atomic mass is 9.86. The predicted octanol–water partition coefficient (Wildman–Crippen LogP) is 2.94. The topological polar surface area (TPSA) is 52.6 Å². The van der Waals surface area contributed by atoms with Crippen molar-refractivity contribution in [2.75, 3.05) is 26.2 Å². The number of likely N-dealkylation sites (tertiary alicyclic amines) is 1. The van der Waals surface area contributed by atoms with E-state index < -0.39 is 0 Å². The molecule has 4 heteroatoms. The Balaban J connectivity index is 1.73. The lowest BCUT2D eigenvalue weighted by Gasteiger charge is -2.31. The molecular weight excluding hydrogens is 288 g/mol. The maximum atomic E-state index is 12.1. The van der Waals surface area contributed by atoms with E-state index in [0.717, 1.165) is 32.4 Å². The highest BCUT2D eigenvalue weighted by molar-refractivity contribution is 5.74. The normalized spacial score (nSPS) is 16.4. The van der Waals surface area contributed by atoms with Gasteiger partial charge in [0.15, 0.2) is 0 Å². The van der Waals surface area contributed by atoms with Gasteiger partial charge in [-0.3, -0.25) is 0 Å². The van der Waals surface area contributed by atoms with Crippen molar-refractivity contribution in [3.8, 4) is 0 Å². The van der Waals surface area contributed by atoms with E-state index >= 15 is 0 Å². The van der Waals surface area contributed by atoms with Crippen LogP contribution in [0.15, 0.2) is 24.3 Å². The van der Waals surface area contributed by atoms with Gasteiger partial charge in [0.2, 0.25) is 0 Å². The van der Waals surface area contributed by atoms with Gasteiger partial charge in [-0.25, -0.2) is 4.79 Å². The third kappa shape index (κ3) is 5.24. The smallest absolute Gasteiger partial charge is 0.317 e. The maximum absolute atomic E-state index is 12.1. The van der Waals surface area contributed by atoms with E-state index in [1.165, 1.54) is 11.1 Å². The first kappa shape index (κ1) is 17.8. The standard InChI is InChI=1S/C19H30N2O2/c1-19(2,3)17-6-4-15(5-7-17)8-11-20-18(23)21-12-9-16(14-22)10-13-21/h4-7,16,22H,8-14H2,1-3H3,(H,20,23). The first-order valence-corrected chi connectivity index (χ1v) is 8.63. The average molecular weight is 318 g/mol. The molecule has 0 spiro atoms. The summed E-state index contributed by atoms with van der Waals surface area (Å²) in [6, 6.07) is 8.68. The highest BCUT2D eigenvalue weighted by atomic mass is 16.3. The molecule has 1 heterocycles. The van der Waals surface area contributed by atoms with Crippen molar-refractivity contribution in [2.45, 2.75) is 45.4 Å². The summed E-state index contributed by atoms with van der Waals surface area (Å²) in [6.07, 6.45) is 2.65. The van der Waals surface area contributed by atoms with Gasteiger partial charge in [0.1, 0.15) is 0 Å². The van der Waals surface area contributed by atoms with Gasteiger partial charge in [-0.2, -0.15) is 0 Å². The Morgan fingerprint density at radius 3 is 2.35 bits per heavy atom. The van der Waals surface area contributed by atoms with Crippen molar-refractivity contribution < 1.29 is 9.90 Å². The molecule has 23 heavy (non-hydrogen) atoms. The number of aliphatic hydroxyl groups is 1. The molecule has 0 bridgehead atoms. The highest BCUT2D eigenvalue weighted by Gasteiger charge is 2.21. The molecule has 2 N–H and O–H groups in total. The van der Waals surface area contributed by atoms with Crippen molar-refractivity contribution >= 4 is 6.03 Å². The van der Waals surface area contributed by atoms with Crippen LogP contribution >= 0.6 is 0 Å². The van der Waals surface area contributed by atoms with Crippen molar-refractivity contribution in [1.82, 2.24) is 10.2 Å². The van der Waals surface area contributed by atoms with Crippen LogP contribution in [0.25, 0.3) is 0 Å². The molecule has 0 aromatic heterocycles. The number of hydrogen-bond donors (Lipinski definition) is 2. The molecular formula is C19H30N2O2. The number of benzene rings is 1. The fraction of sp³-hybridized carbons (Fsp3) is 0.632. The summed E-state index contributed by atoms with van der Waals surface area (Å²) in [5.41, 5.74) is 2.75. The van der Waals surface area contributed by atoms with Gasteiger partial charge in [-0.05, 0) is 41.7 Å². The molecule has 128 valence electrons. The van der Waals surface area contributed by atoms with E-state index in [1.807, 2.05) is 4.90 Å². The van der Waals surface area contributed by atoms with Crippen LogP contribution in [-0.2, 0) is 11.8 Å². The molecule has 4 nitrogen and oxygen atoms in total. The number of amides is 2. The fourth-order valence-electron chi connectivity index (χ4n) is 2.92. The molecule has 0 atom stereocenters. The number of urea groups is 1. The first-order valence-electron chi connectivity index (χ1n) is 8.63. The van der Waals surface area contributed by atoms with E-state index in [1.54, 1.807) is 0 Å². The third-order valence-corrected chi connectivity index (χ3v) is 4.67. The Kier molecular flexibility index (Phi) is 6.05. The van der Waals surface area contributed by atoms with Crippen molar-refractivity contribution in [3.05, 3.63) is 35.4 Å². The zero-order valence-corrected chi connectivity index (χ0v) is 14.6. The van der Waals surface area contributed by atoms with Crippen molar-refractivity contribution in [1.29, 1.82) is 0 Å². The summed E-state index contributed by atoms with van der Waals surface area (Å²) in [5, 5.41) is 12.1. The average Bonchev–Trinajstić information content (AvgIpc) is 2.54. The van der Waals surface area contributed by atoms with Gasteiger partial charge in [-0.1, -0.05) is 45.0 Å². The Bertz CT molecular complexity index is 497. The molecule has 0 aliphatic carbocycles. The Morgan fingerprint density at radius 1 is 1.22 bits per heavy atom. The van der Waals surface area contributed by atoms with E-state index in [0.29, 0.717) is 12.5 Å². The summed E-state index contributed by atoms with van der Waals surface area (Å²) in [7, 11) is 0. The molecule has 1 aromatic rings. The number of nitrogens with zero attached hydrogens (tertiary/aromatic N) is 1. The monoisotopic (exact) mass is 318 g/mol. The predicted molar refractivity (Wildman–Crippen MR) is 93.6 cm³/mol. The molecule has 1 aliphatic heterocycles. The summed E-state index contributed by atoms with van der Waals surface area (Å²) in [6.45, 7) is 9.02. The Labute approximate surface area is 139 Å². The Morgan fingerprint density at radius 2 is 1.83 bits per heavy atom. The minimum atomic E-state index is 0.0210. The number of hydrogen-bond acceptors (Lipinski definition) is 2. The largest absolute Gasteiger partial charge is 0.396 e. The fourth-order valence-corrected chi connectivity index (χ4v) is 2.92. The van der Waals surface area contributed by atoms with Crippen LogP contribution in [0.3, 0.4) is 0 Å². The molecule has 0 saturated carbocycles. The third-order valence-electron chi connectivity index (χ3n) is 4.67. The number of rotatable bonds is 4. The molecule has 1 saturated heterocycles. The van der Waals surface area contributed by atoms with Crippen LogP contribution in [0.2, 0.25) is 0 Å². The van der Waals surface area contributed by atoms with E-state index in [4.69, 9.17) is 5.11 Å². The van der Waals surface area contributed by atoms with E-state index in [2.05, 4.69) is 50.4 Å². The second-order valence-corrected chi connectivity index (χ2v) is 7.54. The van der Waals surface area contributed by atoms with Crippen LogP contribution in [0.5, 0.6) is 0 Å². The lowest BCUT2D eigenvalue weighted by Crippen LogP contribution is -2.45. The van der Waals surface area contributed by atoms with Crippen LogP contribution < -0.4 is 5.32 Å². The number of carbonyl (C=O) groups is 1. The van der Waals surface area contributed by atoms with E-state index in [-0.39, 0.29) is 18.1 Å². The maximum Gasteiger partial charge on any atom is 0.317 e. The molecule has 2 amide bonds. The van der Waals surface area contributed by atoms with Gasteiger partial charge in [0, 0.05) is 26.2 Å². The first-order chi connectivity index (χ1) is 10.9. The lowest BCUT2D eigenvalue weighted by molar-refractivity contribution is 0.137. The van der Waals surface area contributed by atoms with Crippen LogP contribution in [0.1, 0.15) is 44.7 Å². The molecule has 1 aliphatic rings. The highest BCUT2D eigenvalue weighted by Crippen LogP contribution is 2.22. The summed E-state index contributed by atoms with van der Waals surface area (Å²) < 4.78 is 0. The van der Waals surface area contributed by atoms with E-state index in [9.17, 15) is 4.79 Å². The number of carbonyl (C=O) groups excluding carboxylic acids is 1. The molecule has 0 radical (unpaired) electrons. The molecule has 2 rings (SSSR count). The second kappa shape index (κ2) is 7.82. The zero-order chi connectivity index (χ0) is 16.9. The second-order valence-electron chi connectivity index (χ2n) is 7.54. The van der Waals surface area contributed by atoms with Gasteiger partial charge in [-0.15, -0.1) is 0 Å². The number of aliphatic hydroxyl groups excluding tert-OH is 1. The summed E-state index contributed by atoms with van der Waals surface area (Å²) in [5.74, 6) is 0.361. The van der Waals surface area contributed by atoms with Gasteiger partial charge in [0.05, 0.1) is 0 Å². The SMILES string of the molecule is CC(C)(C)c1ccc(CCNC(=O)N2CCC(CO)CC2)cc1. The molecule has 1 aromatic carbocycles. The summed E-state index contributed by atoms with van der Waals surface area (Å²) >= 11 is 0. The van der Waals surface area contributed by atoms with Crippen LogP contribution in [0.4, 0.5) is 4.79 Å². The zero-order valence-electron chi connectivity index (χ0n) is 14.6. The quantitative estimate of drug-likeness (QED) is 0.897. The van der Waals surface area contributed by atoms with Crippen molar-refractivity contribution in [3.63, 3.8) is 0 Å². The number of nitrogens with one attached hydrogen (secondary N) is 1. The van der Waals surface area contributed by atoms with Crippen molar-refractivity contribution in [2.24, 2.45) is 5.92 Å². The van der Waals surface area contributed by atoms with Crippen LogP contribution in [-0.4, -0.2) is 42.3 Å². The minimum absolute atomic E-state index is 0.0210. The van der Waals surface area contributed by atoms with Gasteiger partial charge in [0.25, 0.3) is 0 Å². The van der Waals surface area contributed by atoms with Gasteiger partial charge >= 0.3 is 6.03 Å². The van der Waals surface area contributed by atoms with Crippen LogP contribution in [0, 0.1) is 5.92 Å². The van der Waals surface area contributed by atoms with Gasteiger partial charge < -0.3 is 15.3 Å². The molecule has 1 fully saturated rings. The molecule has 0 unspecified atom stereocenters. The summed E-state index contributed by atoms with van der Waals surface area (Å²) in [4.78, 5) is 14.0. The Hall–Kier alpha value is -1.55. The number of piperidine rings is 1.